The summed E-state index contributed by atoms with van der Waals surface area (Å²) in [5, 5.41) is 3.47. The summed E-state index contributed by atoms with van der Waals surface area (Å²) in [6.45, 7) is 10.5. The number of hydrogen-bond acceptors (Lipinski definition) is 3. The van der Waals surface area contributed by atoms with Gasteiger partial charge in [0, 0.05) is 51.4 Å². The molecular weight excluding hydrogens is 513 g/mol. The maximum absolute atomic E-state index is 12.7. The van der Waals surface area contributed by atoms with E-state index in [2.05, 4.69) is 40.2 Å². The van der Waals surface area contributed by atoms with Crippen LogP contribution in [0, 0.1) is 5.92 Å². The van der Waals surface area contributed by atoms with Crippen molar-refractivity contribution in [1.82, 2.24) is 15.1 Å². The van der Waals surface area contributed by atoms with Crippen LogP contribution in [0.2, 0.25) is 0 Å². The molecule has 2 saturated heterocycles. The second-order valence-electron chi connectivity index (χ2n) is 9.23. The summed E-state index contributed by atoms with van der Waals surface area (Å²) >= 11 is 0. The van der Waals surface area contributed by atoms with Crippen molar-refractivity contribution < 1.29 is 4.79 Å². The summed E-state index contributed by atoms with van der Waals surface area (Å²) in [6, 6.07) is 8.27. The minimum absolute atomic E-state index is 0. The molecule has 32 heavy (non-hydrogen) atoms. The number of anilines is 1. The van der Waals surface area contributed by atoms with Crippen LogP contribution in [0.4, 0.5) is 5.69 Å². The van der Waals surface area contributed by atoms with E-state index in [0.29, 0.717) is 13.0 Å². The predicted molar refractivity (Wildman–Crippen MR) is 143 cm³/mol. The second-order valence-corrected chi connectivity index (χ2v) is 9.23. The number of amides is 1. The van der Waals surface area contributed by atoms with Crippen molar-refractivity contribution in [3.05, 3.63) is 29.8 Å². The molecule has 3 heterocycles. The van der Waals surface area contributed by atoms with Crippen molar-refractivity contribution in [3.63, 3.8) is 0 Å². The highest BCUT2D eigenvalue weighted by Gasteiger charge is 2.27. The second kappa shape index (κ2) is 12.8. The Bertz CT molecular complexity index is 764. The van der Waals surface area contributed by atoms with E-state index in [0.717, 1.165) is 56.6 Å². The Hall–Kier alpha value is -1.35. The van der Waals surface area contributed by atoms with Crippen molar-refractivity contribution in [2.24, 2.45) is 10.9 Å². The molecule has 4 rings (SSSR count). The summed E-state index contributed by atoms with van der Waals surface area (Å²) in [4.78, 5) is 24.6. The lowest BCUT2D eigenvalue weighted by Crippen LogP contribution is -2.41. The number of likely N-dealkylation sites (tertiary alicyclic amines) is 2. The van der Waals surface area contributed by atoms with Crippen LogP contribution in [-0.2, 0) is 11.2 Å². The van der Waals surface area contributed by atoms with E-state index in [4.69, 9.17) is 4.99 Å². The van der Waals surface area contributed by atoms with E-state index in [9.17, 15) is 4.79 Å². The summed E-state index contributed by atoms with van der Waals surface area (Å²) in [5.74, 6) is 2.01. The molecule has 1 atom stereocenters. The third-order valence-corrected chi connectivity index (χ3v) is 6.88. The van der Waals surface area contributed by atoms with Crippen molar-refractivity contribution in [1.29, 1.82) is 0 Å². The van der Waals surface area contributed by atoms with Crippen LogP contribution in [0.5, 0.6) is 0 Å². The van der Waals surface area contributed by atoms with Crippen LogP contribution < -0.4 is 10.2 Å². The number of hydrogen-bond donors (Lipinski definition) is 1. The minimum atomic E-state index is 0. The van der Waals surface area contributed by atoms with Gasteiger partial charge in [0.2, 0.25) is 5.91 Å². The zero-order valence-corrected chi connectivity index (χ0v) is 21.9. The summed E-state index contributed by atoms with van der Waals surface area (Å²) in [5.41, 5.74) is 2.39. The van der Waals surface area contributed by atoms with Gasteiger partial charge in [-0.05, 0) is 69.7 Å². The molecule has 0 radical (unpaired) electrons. The molecule has 0 aliphatic carbocycles. The quantitative estimate of drug-likeness (QED) is 0.242. The third kappa shape index (κ3) is 6.59. The van der Waals surface area contributed by atoms with E-state index >= 15 is 0 Å². The third-order valence-electron chi connectivity index (χ3n) is 6.88. The smallest absolute Gasteiger partial charge is 0.227 e. The molecule has 1 amide bonds. The Balaban J connectivity index is 0.00000289. The number of nitrogens with one attached hydrogen (secondary N) is 1. The van der Waals surface area contributed by atoms with Gasteiger partial charge in [-0.1, -0.05) is 24.6 Å². The first kappa shape index (κ1) is 25.3. The average Bonchev–Trinajstić information content (AvgIpc) is 3.44. The molecule has 1 aromatic carbocycles. The van der Waals surface area contributed by atoms with E-state index in [1.807, 2.05) is 11.0 Å². The largest absolute Gasteiger partial charge is 0.357 e. The summed E-state index contributed by atoms with van der Waals surface area (Å²) in [7, 11) is 0. The average molecular weight is 554 g/mol. The maximum atomic E-state index is 12.7. The number of benzene rings is 1. The number of halogens is 1. The van der Waals surface area contributed by atoms with E-state index in [1.54, 1.807) is 0 Å². The van der Waals surface area contributed by atoms with Crippen molar-refractivity contribution in [2.45, 2.75) is 51.9 Å². The Morgan fingerprint density at radius 1 is 1.12 bits per heavy atom. The fraction of sp³-hybridized carbons (Fsp3) is 0.680. The van der Waals surface area contributed by atoms with Crippen LogP contribution in [0.1, 0.15) is 51.0 Å². The number of guanidine groups is 1. The molecule has 1 aromatic rings. The Morgan fingerprint density at radius 3 is 2.75 bits per heavy atom. The highest BCUT2D eigenvalue weighted by atomic mass is 127. The number of rotatable bonds is 7. The van der Waals surface area contributed by atoms with Crippen LogP contribution >= 0.6 is 24.0 Å². The Kier molecular flexibility index (Phi) is 10.1. The van der Waals surface area contributed by atoms with Gasteiger partial charge < -0.3 is 20.0 Å². The van der Waals surface area contributed by atoms with Crippen molar-refractivity contribution in [3.8, 4) is 0 Å². The molecule has 0 spiro atoms. The normalized spacial score (nSPS) is 21.4. The van der Waals surface area contributed by atoms with Gasteiger partial charge >= 0.3 is 0 Å². The molecule has 6 nitrogen and oxygen atoms in total. The lowest BCUT2D eigenvalue weighted by molar-refractivity contribution is -0.118. The monoisotopic (exact) mass is 553 g/mol. The number of nitrogens with zero attached hydrogens (tertiary/aromatic N) is 4. The van der Waals surface area contributed by atoms with Gasteiger partial charge in [0.05, 0.1) is 0 Å². The molecule has 3 aliphatic rings. The van der Waals surface area contributed by atoms with E-state index in [-0.39, 0.29) is 29.9 Å². The number of fused-ring (bicyclic) bond motifs is 1. The molecule has 3 aliphatic heterocycles. The van der Waals surface area contributed by atoms with Crippen LogP contribution in [-0.4, -0.2) is 74.0 Å². The number of carbonyl (C=O) groups excluding carboxylic acids is 1. The maximum Gasteiger partial charge on any atom is 0.227 e. The number of carbonyl (C=O) groups is 1. The predicted octanol–water partition coefficient (Wildman–Crippen LogP) is 3.75. The van der Waals surface area contributed by atoms with E-state index < -0.39 is 0 Å². The highest BCUT2D eigenvalue weighted by Crippen LogP contribution is 2.28. The number of para-hydroxylation sites is 1. The standard InChI is InChI=1S/C25H39N5O.HI/c1-2-26-25(29-17-12-21(20-29)19-28-15-6-3-7-16-28)27-14-8-11-24(31)30-18-13-22-9-4-5-10-23(22)30;/h4-5,9-10,21H,2-3,6-8,11-20H2,1H3,(H,26,27);1H. The minimum Gasteiger partial charge on any atom is -0.357 e. The summed E-state index contributed by atoms with van der Waals surface area (Å²) in [6.07, 6.45) is 7.72. The molecular formula is C25H40IN5O. The van der Waals surface area contributed by atoms with Gasteiger partial charge in [0.1, 0.15) is 0 Å². The molecule has 0 saturated carbocycles. The lowest BCUT2D eigenvalue weighted by atomic mass is 10.1. The molecule has 1 N–H and O–H groups in total. The van der Waals surface area contributed by atoms with Gasteiger partial charge in [-0.25, -0.2) is 0 Å². The first-order valence-corrected chi connectivity index (χ1v) is 12.4. The molecule has 1 unspecified atom stereocenters. The van der Waals surface area contributed by atoms with E-state index in [1.165, 1.54) is 50.9 Å². The van der Waals surface area contributed by atoms with Crippen LogP contribution in [0.25, 0.3) is 0 Å². The molecule has 0 aromatic heterocycles. The topological polar surface area (TPSA) is 51.2 Å². The first-order valence-electron chi connectivity index (χ1n) is 12.4. The zero-order valence-electron chi connectivity index (χ0n) is 19.6. The SMILES string of the molecule is CCNC(=NCCCC(=O)N1CCc2ccccc21)N1CCC(CN2CCCCC2)C1.I. The zero-order chi connectivity index (χ0) is 21.5. The fourth-order valence-electron chi connectivity index (χ4n) is 5.25. The van der Waals surface area contributed by atoms with Gasteiger partial charge in [-0.15, -0.1) is 24.0 Å². The molecule has 7 heteroatoms. The molecule has 0 bridgehead atoms. The van der Waals surface area contributed by atoms with Gasteiger partial charge in [-0.2, -0.15) is 0 Å². The van der Waals surface area contributed by atoms with Crippen LogP contribution in [0.3, 0.4) is 0 Å². The first-order chi connectivity index (χ1) is 15.2. The Labute approximate surface area is 210 Å². The molecule has 2 fully saturated rings. The fourth-order valence-corrected chi connectivity index (χ4v) is 5.25. The van der Waals surface area contributed by atoms with Gasteiger partial charge in [0.15, 0.2) is 5.96 Å². The number of piperidine rings is 1. The Morgan fingerprint density at radius 2 is 1.94 bits per heavy atom. The highest BCUT2D eigenvalue weighted by molar-refractivity contribution is 14.0. The van der Waals surface area contributed by atoms with Crippen LogP contribution in [0.15, 0.2) is 29.3 Å². The summed E-state index contributed by atoms with van der Waals surface area (Å²) < 4.78 is 0. The van der Waals surface area contributed by atoms with Crippen molar-refractivity contribution in [2.75, 3.05) is 57.3 Å². The molecule has 178 valence electrons. The number of aliphatic imine (C=N–C) groups is 1. The van der Waals surface area contributed by atoms with Gasteiger partial charge in [0.25, 0.3) is 0 Å². The van der Waals surface area contributed by atoms with Gasteiger partial charge in [-0.3, -0.25) is 9.79 Å². The van der Waals surface area contributed by atoms with Crippen molar-refractivity contribution >= 4 is 41.5 Å². The lowest BCUT2D eigenvalue weighted by Gasteiger charge is -2.29.